The lowest BCUT2D eigenvalue weighted by molar-refractivity contribution is -0.148. The molecule has 3 aliphatic heterocycles. The number of halogens is 1. The molecule has 0 bridgehead atoms. The molecule has 3 amide bonds. The van der Waals surface area contributed by atoms with Crippen LogP contribution in [0.5, 0.6) is 0 Å². The molecule has 4 fully saturated rings. The number of thiophene rings is 1. The molecule has 2 aromatic heterocycles. The third-order valence-corrected chi connectivity index (χ3v) is 12.1. The van der Waals surface area contributed by atoms with Gasteiger partial charge in [0.1, 0.15) is 12.1 Å². The number of hydrogen-bond donors (Lipinski definition) is 3. The molecule has 4 aliphatic rings. The monoisotopic (exact) mass is 654 g/mol. The van der Waals surface area contributed by atoms with Gasteiger partial charge in [0.15, 0.2) is 0 Å². The van der Waals surface area contributed by atoms with Gasteiger partial charge in [-0.3, -0.25) is 23.9 Å². The zero-order valence-corrected chi connectivity index (χ0v) is 26.4. The highest BCUT2D eigenvalue weighted by atomic mass is 32.1. The Balaban J connectivity index is 1.08. The molecule has 3 saturated heterocycles. The summed E-state index contributed by atoms with van der Waals surface area (Å²) in [6, 6.07) is 8.35. The van der Waals surface area contributed by atoms with E-state index in [1.165, 1.54) is 18.2 Å². The van der Waals surface area contributed by atoms with Crippen molar-refractivity contribution in [3.8, 4) is 0 Å². The number of fused-ring (bicyclic) bond motifs is 2. The molecule has 5 heterocycles. The first-order chi connectivity index (χ1) is 21.5. The average molecular weight is 655 g/mol. The van der Waals surface area contributed by atoms with Crippen molar-refractivity contribution in [2.24, 2.45) is 0 Å². The van der Waals surface area contributed by atoms with Gasteiger partial charge in [-0.1, -0.05) is 25.0 Å². The summed E-state index contributed by atoms with van der Waals surface area (Å²) < 4.78 is 26.3. The van der Waals surface area contributed by atoms with Gasteiger partial charge in [0, 0.05) is 41.1 Å². The molecule has 7 rings (SSSR count). The lowest BCUT2D eigenvalue weighted by Crippen LogP contribution is -2.57. The summed E-state index contributed by atoms with van der Waals surface area (Å²) in [4.78, 5) is 68.7. The Hall–Kier alpha value is -3.18. The number of nitrogens with one attached hydrogen (secondary N) is 1. The predicted molar refractivity (Wildman–Crippen MR) is 166 cm³/mol. The largest absolute Gasteiger partial charge is 0.363 e. The normalized spacial score (nSPS) is 26.9. The van der Waals surface area contributed by atoms with E-state index in [1.54, 1.807) is 17.2 Å². The second kappa shape index (κ2) is 11.6. The Morgan fingerprint density at radius 1 is 1.11 bits per heavy atom. The number of likely N-dealkylation sites (tertiary alicyclic amines) is 1. The van der Waals surface area contributed by atoms with Crippen molar-refractivity contribution in [2.45, 2.75) is 93.3 Å². The van der Waals surface area contributed by atoms with E-state index in [9.17, 15) is 33.1 Å². The summed E-state index contributed by atoms with van der Waals surface area (Å²) in [5.74, 6) is -2.88. The van der Waals surface area contributed by atoms with E-state index in [2.05, 4.69) is 16.4 Å². The fourth-order valence-electron chi connectivity index (χ4n) is 7.66. The van der Waals surface area contributed by atoms with E-state index < -0.39 is 31.5 Å². The second-order valence-corrected chi connectivity index (χ2v) is 15.7. The van der Waals surface area contributed by atoms with E-state index in [0.29, 0.717) is 34.3 Å². The van der Waals surface area contributed by atoms with E-state index >= 15 is 0 Å². The summed E-state index contributed by atoms with van der Waals surface area (Å²) in [5.41, 5.74) is 0.838. The lowest BCUT2D eigenvalue weighted by Gasteiger charge is -2.37. The molecule has 1 spiro atoms. The molecule has 3 N–H and O–H groups in total. The van der Waals surface area contributed by atoms with Crippen LogP contribution in [0.25, 0.3) is 10.1 Å². The number of pyridine rings is 1. The first kappa shape index (κ1) is 30.5. The molecule has 238 valence electrons. The number of amides is 3. The third-order valence-electron chi connectivity index (χ3n) is 10.1. The second-order valence-electron chi connectivity index (χ2n) is 13.0. The van der Waals surface area contributed by atoms with Crippen LogP contribution >= 0.6 is 18.9 Å². The number of benzene rings is 1. The van der Waals surface area contributed by atoms with E-state index in [0.717, 1.165) is 61.8 Å². The third kappa shape index (κ3) is 5.71. The topological polar surface area (TPSA) is 140 Å². The molecule has 1 saturated carbocycles. The van der Waals surface area contributed by atoms with Crippen LogP contribution in [0.1, 0.15) is 90.4 Å². The minimum atomic E-state index is -4.97. The maximum Gasteiger partial charge on any atom is 0.363 e. The number of carbonyl (C=O) groups is 3. The molecule has 0 radical (unpaired) electrons. The van der Waals surface area contributed by atoms with E-state index in [4.69, 9.17) is 0 Å². The standard InChI is InChI=1S/C32H36FN4O6PS/c33-28(44(41,42)43)19-7-10-26-21(14-19)15-27(45-26)29(38)35-24-6-2-1-5-23-8-9-25(37(23)30(24)39)31(40)36-18-22(16-32(36)11-12-32)20-4-3-13-34-17-20/h3-4,7,10,13-15,17,22-25,28H,1-2,5-6,8-9,11-12,16,18H2,(H,35,38)(H2,41,42,43)/t22-,23+,24+,25+,28+/m1/s1. The smallest absolute Gasteiger partial charge is 0.340 e. The van der Waals surface area contributed by atoms with Crippen molar-refractivity contribution < 1.29 is 33.1 Å². The van der Waals surface area contributed by atoms with Crippen molar-refractivity contribution in [3.63, 3.8) is 0 Å². The van der Waals surface area contributed by atoms with Gasteiger partial charge >= 0.3 is 7.60 Å². The summed E-state index contributed by atoms with van der Waals surface area (Å²) in [6.07, 6.45) is 10.8. The lowest BCUT2D eigenvalue weighted by atomic mass is 9.97. The van der Waals surface area contributed by atoms with Crippen LogP contribution < -0.4 is 5.32 Å². The minimum absolute atomic E-state index is 0.0159. The van der Waals surface area contributed by atoms with Crippen molar-refractivity contribution in [1.82, 2.24) is 20.1 Å². The van der Waals surface area contributed by atoms with Gasteiger partial charge in [0.05, 0.1) is 4.88 Å². The Kier molecular flexibility index (Phi) is 7.83. The highest BCUT2D eigenvalue weighted by molar-refractivity contribution is 7.51. The van der Waals surface area contributed by atoms with Crippen molar-refractivity contribution in [2.75, 3.05) is 6.54 Å². The molecule has 0 unspecified atom stereocenters. The zero-order chi connectivity index (χ0) is 31.5. The van der Waals surface area contributed by atoms with Gasteiger partial charge in [-0.05, 0) is 85.7 Å². The number of alkyl halides is 1. The number of hydrogen-bond acceptors (Lipinski definition) is 6. The fraction of sp³-hybridized carbons (Fsp3) is 0.500. The average Bonchev–Trinajstić information content (AvgIpc) is 3.33. The van der Waals surface area contributed by atoms with Gasteiger partial charge in [-0.15, -0.1) is 11.3 Å². The van der Waals surface area contributed by atoms with E-state index in [1.807, 2.05) is 17.2 Å². The molecule has 1 aromatic carbocycles. The Morgan fingerprint density at radius 2 is 1.91 bits per heavy atom. The van der Waals surface area contributed by atoms with Gasteiger partial charge in [-0.25, -0.2) is 4.39 Å². The van der Waals surface area contributed by atoms with E-state index in [-0.39, 0.29) is 34.9 Å². The predicted octanol–water partition coefficient (Wildman–Crippen LogP) is 5.02. The molecule has 45 heavy (non-hydrogen) atoms. The quantitative estimate of drug-likeness (QED) is 0.317. The highest BCUT2D eigenvalue weighted by Gasteiger charge is 2.58. The van der Waals surface area contributed by atoms with Gasteiger partial charge in [-0.2, -0.15) is 0 Å². The van der Waals surface area contributed by atoms with Crippen molar-refractivity contribution in [1.29, 1.82) is 0 Å². The van der Waals surface area contributed by atoms with Gasteiger partial charge in [0.2, 0.25) is 17.7 Å². The summed E-state index contributed by atoms with van der Waals surface area (Å²) >= 11 is 1.16. The number of nitrogens with zero attached hydrogens (tertiary/aromatic N) is 3. The maximum absolute atomic E-state index is 14.3. The minimum Gasteiger partial charge on any atom is -0.340 e. The highest BCUT2D eigenvalue weighted by Crippen LogP contribution is 2.55. The van der Waals surface area contributed by atoms with Gasteiger partial charge in [0.25, 0.3) is 5.91 Å². The van der Waals surface area contributed by atoms with Crippen LogP contribution in [0.3, 0.4) is 0 Å². The molecule has 13 heteroatoms. The Bertz CT molecular complexity index is 1690. The summed E-state index contributed by atoms with van der Waals surface area (Å²) in [7, 11) is -4.97. The number of rotatable bonds is 6. The van der Waals surface area contributed by atoms with Crippen LogP contribution in [-0.4, -0.2) is 72.5 Å². The SMILES string of the molecule is O=C(N[C@H]1CCCC[C@H]2CC[C@@H](C(=O)N3C[C@H](c4cccnc4)CC34CC4)N2C1=O)c1cc2cc([C@@H](F)P(=O)(O)O)ccc2s1. The van der Waals surface area contributed by atoms with Crippen LogP contribution in [0.2, 0.25) is 0 Å². The van der Waals surface area contributed by atoms with Crippen LogP contribution in [0.15, 0.2) is 48.8 Å². The first-order valence-corrected chi connectivity index (χ1v) is 18.1. The van der Waals surface area contributed by atoms with Crippen LogP contribution in [0.4, 0.5) is 4.39 Å². The van der Waals surface area contributed by atoms with Gasteiger partial charge < -0.3 is 24.9 Å². The molecule has 1 aliphatic carbocycles. The summed E-state index contributed by atoms with van der Waals surface area (Å²) in [6.45, 7) is 0.624. The van der Waals surface area contributed by atoms with Crippen LogP contribution in [0, 0.1) is 0 Å². The number of carbonyl (C=O) groups excluding carboxylic acids is 3. The number of aromatic nitrogens is 1. The molecular weight excluding hydrogens is 618 g/mol. The Morgan fingerprint density at radius 3 is 2.64 bits per heavy atom. The van der Waals surface area contributed by atoms with Crippen molar-refractivity contribution >= 4 is 46.7 Å². The van der Waals surface area contributed by atoms with Crippen molar-refractivity contribution in [3.05, 3.63) is 64.8 Å². The zero-order valence-electron chi connectivity index (χ0n) is 24.7. The maximum atomic E-state index is 14.3. The first-order valence-electron chi connectivity index (χ1n) is 15.6. The van der Waals surface area contributed by atoms with Crippen LogP contribution in [-0.2, 0) is 14.2 Å². The molecular formula is C32H36FN4O6PS. The summed E-state index contributed by atoms with van der Waals surface area (Å²) in [5, 5.41) is 3.41. The molecule has 5 atom stereocenters. The molecule has 3 aromatic rings. The fourth-order valence-corrected chi connectivity index (χ4v) is 9.16. The molecule has 10 nitrogen and oxygen atoms in total. The Labute approximate surface area is 264 Å².